The van der Waals surface area contributed by atoms with Crippen LogP contribution in [0.5, 0.6) is 0 Å². The summed E-state index contributed by atoms with van der Waals surface area (Å²) in [5, 5.41) is 16.7. The average Bonchev–Trinajstić information content (AvgIpc) is 2.42. The molecule has 0 fully saturated rings. The highest BCUT2D eigenvalue weighted by Gasteiger charge is 2.31. The van der Waals surface area contributed by atoms with Gasteiger partial charge in [0.15, 0.2) is 0 Å². The highest BCUT2D eigenvalue weighted by Crippen LogP contribution is 2.32. The molecule has 0 radical (unpaired) electrons. The molecule has 19 heavy (non-hydrogen) atoms. The van der Waals surface area contributed by atoms with Gasteiger partial charge < -0.3 is 0 Å². The highest BCUT2D eigenvalue weighted by molar-refractivity contribution is 5.51. The highest BCUT2D eigenvalue weighted by atomic mass is 16.6. The van der Waals surface area contributed by atoms with Crippen molar-refractivity contribution in [2.45, 2.75) is 33.7 Å². The van der Waals surface area contributed by atoms with Crippen molar-refractivity contribution in [1.29, 1.82) is 0 Å². The lowest BCUT2D eigenvalue weighted by Crippen LogP contribution is -2.43. The Kier molecular flexibility index (Phi) is 3.12. The average molecular weight is 267 g/mol. The quantitative estimate of drug-likeness (QED) is 0.501. The van der Waals surface area contributed by atoms with Crippen molar-refractivity contribution in [2.24, 2.45) is 5.41 Å². The molecule has 0 bridgehead atoms. The first-order valence-electron chi connectivity index (χ1n) is 7.31. The second-order valence-corrected chi connectivity index (χ2v) is 5.55. The molecule has 0 spiro atoms. The summed E-state index contributed by atoms with van der Waals surface area (Å²) in [5.74, 6) is 0. The number of hydrogen-bond acceptors (Lipinski definition) is 4. The Bertz CT molecular complexity index is 564. The summed E-state index contributed by atoms with van der Waals surface area (Å²) in [5.41, 5.74) is 0.412. The van der Waals surface area contributed by atoms with Crippen molar-refractivity contribution >= 4 is 11.4 Å². The lowest BCUT2D eigenvalue weighted by molar-refractivity contribution is -0.384. The van der Waals surface area contributed by atoms with Gasteiger partial charge in [-0.3, -0.25) is 15.3 Å². The molecule has 5 heteroatoms. The number of anilines is 1. The zero-order valence-corrected chi connectivity index (χ0v) is 11.5. The fraction of sp³-hybridized carbons (Fsp3) is 0.429. The van der Waals surface area contributed by atoms with E-state index >= 15 is 0 Å². The number of benzene rings is 1. The molecule has 0 saturated carbocycles. The van der Waals surface area contributed by atoms with Crippen LogP contribution in [0, 0.1) is 15.5 Å². The number of nitro groups is 1. The largest absolute Gasteiger partial charge is 0.288 e. The van der Waals surface area contributed by atoms with Crippen molar-refractivity contribution in [3.63, 3.8) is 0 Å². The summed E-state index contributed by atoms with van der Waals surface area (Å²) in [7, 11) is 0. The summed E-state index contributed by atoms with van der Waals surface area (Å²) >= 11 is 0. The number of nitro benzene ring substituents is 1. The maximum absolute atomic E-state index is 10.7. The fourth-order valence-electron chi connectivity index (χ4n) is 2.05. The molecule has 0 amide bonds. The Morgan fingerprint density at radius 2 is 2.11 bits per heavy atom. The van der Waals surface area contributed by atoms with Gasteiger partial charge in [-0.2, -0.15) is 0 Å². The van der Waals surface area contributed by atoms with Gasteiger partial charge in [0.2, 0.25) is 1.43 Å². The lowest BCUT2D eigenvalue weighted by atomic mass is 9.82. The maximum Gasteiger partial charge on any atom is 0.269 e. The first-order chi connectivity index (χ1) is 10.1. The van der Waals surface area contributed by atoms with Crippen molar-refractivity contribution < 1.29 is 14.3 Å². The molecule has 1 aromatic rings. The van der Waals surface area contributed by atoms with Crippen LogP contribution in [0.2, 0.25) is 1.43 Å². The zero-order valence-electron chi connectivity index (χ0n) is 14.5. The summed E-state index contributed by atoms with van der Waals surface area (Å²) in [6.07, 6.45) is 0. The van der Waals surface area contributed by atoms with Gasteiger partial charge in [0.05, 0.1) is 19.4 Å². The fourth-order valence-corrected chi connectivity index (χ4v) is 2.05. The van der Waals surface area contributed by atoms with E-state index < -0.39 is 16.4 Å². The second kappa shape index (κ2) is 5.40. The number of hydroxylamine groups is 1. The van der Waals surface area contributed by atoms with Crippen LogP contribution >= 0.6 is 0 Å². The Labute approximate surface area is 117 Å². The molecule has 5 nitrogen and oxygen atoms in total. The SMILES string of the molecule is [2H]ON(c1ccc([N+](=O)[O-])cc1)C(C(C)=C([2H])[2H])C(C)(C)C. The van der Waals surface area contributed by atoms with Crippen molar-refractivity contribution in [3.8, 4) is 0 Å². The minimum Gasteiger partial charge on any atom is -0.288 e. The molecule has 1 N–H and O–H groups in total. The predicted octanol–water partition coefficient (Wildman–Crippen LogP) is 3.78. The van der Waals surface area contributed by atoms with E-state index in [2.05, 4.69) is 0 Å². The summed E-state index contributed by atoms with van der Waals surface area (Å²) in [4.78, 5) is 10.2. The molecule has 1 atom stereocenters. The molecule has 0 aromatic heterocycles. The van der Waals surface area contributed by atoms with Gasteiger partial charge in [-0.25, -0.2) is 5.06 Å². The lowest BCUT2D eigenvalue weighted by Gasteiger charge is -2.37. The number of hydrogen-bond donors (Lipinski definition) is 1. The van der Waals surface area contributed by atoms with Crippen LogP contribution < -0.4 is 5.06 Å². The van der Waals surface area contributed by atoms with E-state index in [9.17, 15) is 10.1 Å². The van der Waals surface area contributed by atoms with Gasteiger partial charge in [-0.15, -0.1) is 0 Å². The molecular formula is C14H20N2O3. The second-order valence-electron chi connectivity index (χ2n) is 5.55. The Balaban J connectivity index is 3.31. The third kappa shape index (κ3) is 3.54. The third-order valence-electron chi connectivity index (χ3n) is 2.78. The maximum atomic E-state index is 10.7. The minimum atomic E-state index is -0.531. The Morgan fingerprint density at radius 3 is 2.47 bits per heavy atom. The Morgan fingerprint density at radius 1 is 1.53 bits per heavy atom. The normalized spacial score (nSPS) is 14.8. The van der Waals surface area contributed by atoms with E-state index in [1.54, 1.807) is 6.92 Å². The molecule has 0 aliphatic rings. The molecule has 1 unspecified atom stereocenters. The van der Waals surface area contributed by atoms with Crippen LogP contribution in [0.1, 0.15) is 30.4 Å². The predicted molar refractivity (Wildman–Crippen MR) is 75.4 cm³/mol. The molecule has 1 aromatic carbocycles. The van der Waals surface area contributed by atoms with Gasteiger partial charge in [-0.05, 0) is 24.5 Å². The smallest absolute Gasteiger partial charge is 0.269 e. The van der Waals surface area contributed by atoms with Gasteiger partial charge in [0.1, 0.15) is 0 Å². The van der Waals surface area contributed by atoms with E-state index in [4.69, 9.17) is 9.38 Å². The van der Waals surface area contributed by atoms with Crippen LogP contribution in [-0.2, 0) is 0 Å². The zero-order chi connectivity index (χ0) is 17.1. The molecule has 104 valence electrons. The molecule has 0 aliphatic heterocycles. The van der Waals surface area contributed by atoms with Crippen LogP contribution in [0.15, 0.2) is 36.4 Å². The monoisotopic (exact) mass is 267 g/mol. The minimum absolute atomic E-state index is 0.0603. The number of non-ortho nitro benzene ring substituents is 1. The molecular weight excluding hydrogens is 244 g/mol. The third-order valence-corrected chi connectivity index (χ3v) is 2.78. The Hall–Kier alpha value is -1.88. The standard InChI is InChI=1S/C14H20N2O3/c1-10(2)13(14(3,4)5)15(17)11-6-8-12(9-7-11)16(18)19/h6-9,13,17H,1H2,2-5H3/i1D2,17D. The van der Waals surface area contributed by atoms with Crippen LogP contribution in [0.3, 0.4) is 0 Å². The molecule has 0 saturated heterocycles. The van der Waals surface area contributed by atoms with Gasteiger partial charge >= 0.3 is 0 Å². The molecule has 0 heterocycles. The van der Waals surface area contributed by atoms with Crippen molar-refractivity contribution in [1.82, 2.24) is 0 Å². The van der Waals surface area contributed by atoms with E-state index in [1.165, 1.54) is 29.3 Å². The van der Waals surface area contributed by atoms with E-state index in [0.717, 1.165) is 0 Å². The van der Waals surface area contributed by atoms with Crippen LogP contribution in [0.4, 0.5) is 11.4 Å². The van der Waals surface area contributed by atoms with E-state index in [0.29, 0.717) is 11.3 Å². The van der Waals surface area contributed by atoms with Gasteiger partial charge in [0, 0.05) is 12.1 Å². The number of rotatable bonds is 5. The van der Waals surface area contributed by atoms with E-state index in [-0.39, 0.29) is 12.2 Å². The molecule has 0 aliphatic carbocycles. The first-order valence-corrected chi connectivity index (χ1v) is 5.90. The van der Waals surface area contributed by atoms with Gasteiger partial charge in [-0.1, -0.05) is 32.9 Å². The number of nitrogens with zero attached hydrogens (tertiary/aromatic N) is 2. The first kappa shape index (κ1) is 11.0. The topological polar surface area (TPSA) is 66.6 Å². The summed E-state index contributed by atoms with van der Waals surface area (Å²) in [6.45, 7) is 7.01. The van der Waals surface area contributed by atoms with Crippen LogP contribution in [-0.4, -0.2) is 16.2 Å². The summed E-state index contributed by atoms with van der Waals surface area (Å²) < 4.78 is 22.4. The van der Waals surface area contributed by atoms with Crippen molar-refractivity contribution in [3.05, 3.63) is 46.5 Å². The summed E-state index contributed by atoms with van der Waals surface area (Å²) in [6, 6.07) is 5.07. The van der Waals surface area contributed by atoms with E-state index in [1.807, 2.05) is 20.8 Å². The van der Waals surface area contributed by atoms with Crippen LogP contribution in [0.25, 0.3) is 0 Å². The van der Waals surface area contributed by atoms with Crippen molar-refractivity contribution in [2.75, 3.05) is 5.06 Å². The van der Waals surface area contributed by atoms with Gasteiger partial charge in [0.25, 0.3) is 5.69 Å². The molecule has 1 rings (SSSR count).